The molecule has 0 bridgehead atoms. The van der Waals surface area contributed by atoms with Crippen LogP contribution in [0, 0.1) is 0 Å². The van der Waals surface area contributed by atoms with Crippen molar-refractivity contribution in [3.63, 3.8) is 0 Å². The topological polar surface area (TPSA) is 60.0 Å². The first-order chi connectivity index (χ1) is 14.1. The second-order valence-electron chi connectivity index (χ2n) is 6.91. The average Bonchev–Trinajstić information content (AvgIpc) is 3.14. The molecular weight excluding hydrogens is 412 g/mol. The fourth-order valence-corrected chi connectivity index (χ4v) is 4.43. The molecule has 2 heterocycles. The van der Waals surface area contributed by atoms with Crippen LogP contribution in [0.25, 0.3) is 0 Å². The van der Waals surface area contributed by atoms with E-state index < -0.39 is 0 Å². The zero-order valence-corrected chi connectivity index (χ0v) is 18.4. The molecule has 0 aliphatic carbocycles. The maximum Gasteiger partial charge on any atom is 0.255 e. The Hall–Kier alpha value is -1.80. The third-order valence-electron chi connectivity index (χ3n) is 4.86. The Morgan fingerprint density at radius 1 is 1.24 bits per heavy atom. The predicted octanol–water partition coefficient (Wildman–Crippen LogP) is 3.83. The molecule has 1 saturated heterocycles. The normalized spacial score (nSPS) is 15.3. The van der Waals surface area contributed by atoms with Gasteiger partial charge in [-0.05, 0) is 37.1 Å². The van der Waals surface area contributed by atoms with Crippen molar-refractivity contribution in [2.75, 3.05) is 40.5 Å². The van der Waals surface area contributed by atoms with E-state index in [1.807, 2.05) is 6.07 Å². The van der Waals surface area contributed by atoms with Gasteiger partial charge in [0.2, 0.25) is 0 Å². The minimum Gasteiger partial charge on any atom is -0.497 e. The number of hydrogen-bond acceptors (Lipinski definition) is 6. The molecule has 0 radical (unpaired) electrons. The number of carbonyl (C=O) groups excluding carboxylic acids is 1. The Labute approximate surface area is 180 Å². The maximum atomic E-state index is 12.5. The summed E-state index contributed by atoms with van der Waals surface area (Å²) in [6.07, 6.45) is 1.87. The van der Waals surface area contributed by atoms with Crippen molar-refractivity contribution in [1.82, 2.24) is 10.2 Å². The number of carbonyl (C=O) groups is 1. The highest BCUT2D eigenvalue weighted by Crippen LogP contribution is 2.29. The molecule has 1 N–H and O–H groups in total. The van der Waals surface area contributed by atoms with Gasteiger partial charge in [0.05, 0.1) is 23.6 Å². The molecule has 0 unspecified atom stereocenters. The number of halogens is 1. The molecule has 1 amide bonds. The van der Waals surface area contributed by atoms with Crippen molar-refractivity contribution >= 4 is 28.8 Å². The van der Waals surface area contributed by atoms with E-state index in [9.17, 15) is 4.79 Å². The Kier molecular flexibility index (Phi) is 8.18. The summed E-state index contributed by atoms with van der Waals surface area (Å²) in [5.74, 6) is 1.05. The lowest BCUT2D eigenvalue weighted by Gasteiger charge is -2.32. The van der Waals surface area contributed by atoms with E-state index in [1.54, 1.807) is 43.8 Å². The summed E-state index contributed by atoms with van der Waals surface area (Å²) in [5, 5.41) is 2.85. The first kappa shape index (κ1) is 21.9. The molecule has 1 aliphatic heterocycles. The molecule has 158 valence electrons. The summed E-state index contributed by atoms with van der Waals surface area (Å²) < 4.78 is 17.4. The van der Waals surface area contributed by atoms with Crippen molar-refractivity contribution in [1.29, 1.82) is 0 Å². The zero-order valence-electron chi connectivity index (χ0n) is 16.8. The van der Waals surface area contributed by atoms with Gasteiger partial charge in [0.25, 0.3) is 5.91 Å². The first-order valence-electron chi connectivity index (χ1n) is 9.67. The highest BCUT2D eigenvalue weighted by atomic mass is 35.5. The second-order valence-corrected chi connectivity index (χ2v) is 8.71. The SMILES string of the molecule is COCCNC(=O)c1ccc(OC)cc1OC1CCN(Cc2ccc(Cl)s2)CC1. The number of nitrogens with zero attached hydrogens (tertiary/aromatic N) is 1. The summed E-state index contributed by atoms with van der Waals surface area (Å²) in [6.45, 7) is 3.72. The molecule has 1 fully saturated rings. The monoisotopic (exact) mass is 438 g/mol. The Morgan fingerprint density at radius 2 is 2.03 bits per heavy atom. The Morgan fingerprint density at radius 3 is 2.69 bits per heavy atom. The number of ether oxygens (including phenoxy) is 3. The van der Waals surface area contributed by atoms with Gasteiger partial charge >= 0.3 is 0 Å². The van der Waals surface area contributed by atoms with Gasteiger partial charge in [-0.1, -0.05) is 11.6 Å². The fourth-order valence-electron chi connectivity index (χ4n) is 3.30. The number of likely N-dealkylation sites (tertiary alicyclic amines) is 1. The van der Waals surface area contributed by atoms with E-state index in [-0.39, 0.29) is 12.0 Å². The standard InChI is InChI=1S/C21H27ClN2O4S/c1-26-12-9-23-21(25)18-5-3-16(27-2)13-19(18)28-15-7-10-24(11-8-15)14-17-4-6-20(22)29-17/h3-6,13,15H,7-12,14H2,1-2H3,(H,23,25). The zero-order chi connectivity index (χ0) is 20.6. The van der Waals surface area contributed by atoms with Crippen LogP contribution in [0.15, 0.2) is 30.3 Å². The summed E-state index contributed by atoms with van der Waals surface area (Å²) in [6, 6.07) is 9.32. The van der Waals surface area contributed by atoms with Crippen LogP contribution in [0.3, 0.4) is 0 Å². The van der Waals surface area contributed by atoms with Crippen LogP contribution in [0.4, 0.5) is 0 Å². The van der Waals surface area contributed by atoms with Crippen LogP contribution >= 0.6 is 22.9 Å². The van der Waals surface area contributed by atoms with Crippen molar-refractivity contribution in [3.05, 3.63) is 45.1 Å². The van der Waals surface area contributed by atoms with Crippen LogP contribution in [0.1, 0.15) is 28.1 Å². The Bertz CT molecular complexity index is 806. The number of amides is 1. The van der Waals surface area contributed by atoms with Crippen LogP contribution in [0.5, 0.6) is 11.5 Å². The maximum absolute atomic E-state index is 12.5. The highest BCUT2D eigenvalue weighted by molar-refractivity contribution is 7.16. The Balaban J connectivity index is 1.59. The number of benzene rings is 1. The fraction of sp³-hybridized carbons (Fsp3) is 0.476. The van der Waals surface area contributed by atoms with Gasteiger partial charge in [0.15, 0.2) is 0 Å². The average molecular weight is 439 g/mol. The van der Waals surface area contributed by atoms with Gasteiger partial charge in [-0.2, -0.15) is 0 Å². The van der Waals surface area contributed by atoms with E-state index in [4.69, 9.17) is 25.8 Å². The molecular formula is C21H27ClN2O4S. The lowest BCUT2D eigenvalue weighted by molar-refractivity contribution is 0.0883. The molecule has 1 aliphatic rings. The molecule has 1 aromatic heterocycles. The van der Waals surface area contributed by atoms with E-state index in [0.717, 1.165) is 36.8 Å². The minimum absolute atomic E-state index is 0.0656. The molecule has 3 rings (SSSR count). The molecule has 0 atom stereocenters. The van der Waals surface area contributed by atoms with E-state index >= 15 is 0 Å². The van der Waals surface area contributed by atoms with Crippen LogP contribution in [-0.2, 0) is 11.3 Å². The lowest BCUT2D eigenvalue weighted by atomic mass is 10.1. The molecule has 0 spiro atoms. The van der Waals surface area contributed by atoms with E-state index in [2.05, 4.69) is 16.3 Å². The van der Waals surface area contributed by atoms with Gasteiger partial charge in [0, 0.05) is 44.2 Å². The van der Waals surface area contributed by atoms with Crippen molar-refractivity contribution in [3.8, 4) is 11.5 Å². The van der Waals surface area contributed by atoms with E-state index in [1.165, 1.54) is 4.88 Å². The van der Waals surface area contributed by atoms with Crippen molar-refractivity contribution in [2.24, 2.45) is 0 Å². The molecule has 0 saturated carbocycles. The molecule has 29 heavy (non-hydrogen) atoms. The molecule has 2 aromatic rings. The van der Waals surface area contributed by atoms with Crippen LogP contribution in [0.2, 0.25) is 4.34 Å². The molecule has 8 heteroatoms. The van der Waals surface area contributed by atoms with Gasteiger partial charge in [-0.15, -0.1) is 11.3 Å². The highest BCUT2D eigenvalue weighted by Gasteiger charge is 2.23. The van der Waals surface area contributed by atoms with E-state index in [0.29, 0.717) is 30.2 Å². The van der Waals surface area contributed by atoms with Crippen LogP contribution < -0.4 is 14.8 Å². The summed E-state index contributed by atoms with van der Waals surface area (Å²) >= 11 is 7.65. The second kappa shape index (κ2) is 10.8. The molecule has 6 nitrogen and oxygen atoms in total. The number of nitrogens with one attached hydrogen (secondary N) is 1. The quantitative estimate of drug-likeness (QED) is 0.603. The number of piperidine rings is 1. The predicted molar refractivity (Wildman–Crippen MR) is 115 cm³/mol. The summed E-state index contributed by atoms with van der Waals surface area (Å²) in [5.41, 5.74) is 0.512. The first-order valence-corrected chi connectivity index (χ1v) is 10.9. The van der Waals surface area contributed by atoms with Crippen molar-refractivity contribution in [2.45, 2.75) is 25.5 Å². The van der Waals surface area contributed by atoms with Gasteiger partial charge < -0.3 is 19.5 Å². The molecule has 1 aromatic carbocycles. The van der Waals surface area contributed by atoms with Gasteiger partial charge in [-0.25, -0.2) is 0 Å². The van der Waals surface area contributed by atoms with Gasteiger partial charge in [-0.3, -0.25) is 9.69 Å². The lowest BCUT2D eigenvalue weighted by Crippen LogP contribution is -2.38. The van der Waals surface area contributed by atoms with Gasteiger partial charge in [0.1, 0.15) is 17.6 Å². The summed E-state index contributed by atoms with van der Waals surface area (Å²) in [7, 11) is 3.21. The van der Waals surface area contributed by atoms with Crippen LogP contribution in [-0.4, -0.2) is 57.4 Å². The largest absolute Gasteiger partial charge is 0.497 e. The van der Waals surface area contributed by atoms with Crippen molar-refractivity contribution < 1.29 is 19.0 Å². The number of hydrogen-bond donors (Lipinski definition) is 1. The number of thiophene rings is 1. The number of methoxy groups -OCH3 is 2. The number of rotatable bonds is 9. The smallest absolute Gasteiger partial charge is 0.255 e. The summed E-state index contributed by atoms with van der Waals surface area (Å²) in [4.78, 5) is 16.2. The minimum atomic E-state index is -0.174. The third-order valence-corrected chi connectivity index (χ3v) is 6.08. The third kappa shape index (κ3) is 6.34.